The molecular formula is C23H31NO4S. The van der Waals surface area contributed by atoms with Gasteiger partial charge in [-0.1, -0.05) is 42.0 Å². The Morgan fingerprint density at radius 1 is 1.21 bits per heavy atom. The number of carbonyl (C=O) groups is 1. The van der Waals surface area contributed by atoms with Gasteiger partial charge in [0.15, 0.2) is 0 Å². The van der Waals surface area contributed by atoms with Crippen LogP contribution in [0, 0.1) is 30.6 Å². The molecule has 0 saturated heterocycles. The predicted octanol–water partition coefficient (Wildman–Crippen LogP) is 4.36. The molecule has 29 heavy (non-hydrogen) atoms. The first kappa shape index (κ1) is 21.8. The minimum Gasteiger partial charge on any atom is -0.481 e. The van der Waals surface area contributed by atoms with E-state index in [1.807, 2.05) is 31.2 Å². The third kappa shape index (κ3) is 6.28. The van der Waals surface area contributed by atoms with E-state index in [2.05, 4.69) is 16.9 Å². The van der Waals surface area contributed by atoms with E-state index in [0.717, 1.165) is 17.5 Å². The van der Waals surface area contributed by atoms with Crippen LogP contribution in [0.3, 0.4) is 0 Å². The van der Waals surface area contributed by atoms with Gasteiger partial charge in [-0.15, -0.1) is 0 Å². The van der Waals surface area contributed by atoms with Gasteiger partial charge in [-0.05, 0) is 74.3 Å². The monoisotopic (exact) mass is 417 g/mol. The molecular weight excluding hydrogens is 386 g/mol. The molecule has 1 aromatic carbocycles. The number of carboxylic acids is 1. The normalized spacial score (nSPS) is 26.7. The molecule has 158 valence electrons. The van der Waals surface area contributed by atoms with Crippen LogP contribution in [0.4, 0.5) is 0 Å². The Morgan fingerprint density at radius 3 is 2.66 bits per heavy atom. The van der Waals surface area contributed by atoms with E-state index >= 15 is 0 Å². The van der Waals surface area contributed by atoms with Gasteiger partial charge in [0.05, 0.1) is 0 Å². The van der Waals surface area contributed by atoms with E-state index in [-0.39, 0.29) is 6.42 Å². The summed E-state index contributed by atoms with van der Waals surface area (Å²) in [4.78, 5) is 10.6. The molecule has 2 saturated carbocycles. The van der Waals surface area contributed by atoms with E-state index in [1.165, 1.54) is 24.7 Å². The second kappa shape index (κ2) is 9.72. The lowest BCUT2D eigenvalue weighted by atomic mass is 9.79. The third-order valence-corrected chi connectivity index (χ3v) is 7.38. The fourth-order valence-corrected chi connectivity index (χ4v) is 5.65. The Labute approximate surface area is 174 Å². The van der Waals surface area contributed by atoms with Gasteiger partial charge in [0, 0.05) is 18.4 Å². The number of fused-ring (bicyclic) bond motifs is 2. The highest BCUT2D eigenvalue weighted by molar-refractivity contribution is 7.92. The van der Waals surface area contributed by atoms with Gasteiger partial charge in [-0.25, -0.2) is 13.1 Å². The predicted molar refractivity (Wildman–Crippen MR) is 116 cm³/mol. The quantitative estimate of drug-likeness (QED) is 0.438. The summed E-state index contributed by atoms with van der Waals surface area (Å²) in [5.74, 6) is 1.17. The molecule has 0 aliphatic heterocycles. The standard InChI is InChI=1S/C23H31NO4S/c1-17-7-9-18(10-8-17)13-14-29(27,28)24-16-22-20-12-11-19(15-20)21(22)5-3-2-4-6-23(25)26/h3,5,7-10,13-14,19-22,24H,2,4,6,11-12,15-16H2,1H3,(H,25,26). The zero-order valence-corrected chi connectivity index (χ0v) is 17.8. The van der Waals surface area contributed by atoms with Crippen molar-refractivity contribution >= 4 is 22.1 Å². The Kier molecular flexibility index (Phi) is 7.30. The first-order chi connectivity index (χ1) is 13.8. The number of rotatable bonds is 10. The van der Waals surface area contributed by atoms with Crippen LogP contribution in [0.25, 0.3) is 6.08 Å². The number of nitrogens with one attached hydrogen (secondary N) is 1. The molecule has 3 rings (SSSR count). The zero-order chi connectivity index (χ0) is 20.9. The lowest BCUT2D eigenvalue weighted by molar-refractivity contribution is -0.137. The summed E-state index contributed by atoms with van der Waals surface area (Å²) in [6, 6.07) is 7.73. The number of unbranched alkanes of at least 4 members (excludes halogenated alkanes) is 1. The van der Waals surface area contributed by atoms with Crippen LogP contribution in [0.15, 0.2) is 41.8 Å². The maximum absolute atomic E-state index is 12.4. The van der Waals surface area contributed by atoms with Gasteiger partial charge in [0.2, 0.25) is 10.0 Å². The molecule has 2 aliphatic carbocycles. The van der Waals surface area contributed by atoms with Crippen LogP contribution >= 0.6 is 0 Å². The number of carboxylic acid groups (broad SMARTS) is 1. The van der Waals surface area contributed by atoms with Gasteiger partial charge in [-0.2, -0.15) is 0 Å². The highest BCUT2D eigenvalue weighted by Gasteiger charge is 2.46. The fraction of sp³-hybridized carbons (Fsp3) is 0.522. The summed E-state index contributed by atoms with van der Waals surface area (Å²) in [5, 5.41) is 9.98. The summed E-state index contributed by atoms with van der Waals surface area (Å²) in [6.07, 6.45) is 11.1. The molecule has 2 N–H and O–H groups in total. The van der Waals surface area contributed by atoms with Crippen molar-refractivity contribution in [3.8, 4) is 0 Å². The summed E-state index contributed by atoms with van der Waals surface area (Å²) in [6.45, 7) is 2.46. The van der Waals surface area contributed by atoms with Crippen molar-refractivity contribution in [3.63, 3.8) is 0 Å². The van der Waals surface area contributed by atoms with E-state index < -0.39 is 16.0 Å². The number of hydrogen-bond donors (Lipinski definition) is 2. The third-order valence-electron chi connectivity index (χ3n) is 6.31. The molecule has 2 fully saturated rings. The molecule has 1 aromatic rings. The number of benzene rings is 1. The molecule has 0 heterocycles. The zero-order valence-electron chi connectivity index (χ0n) is 17.0. The maximum Gasteiger partial charge on any atom is 0.303 e. The molecule has 5 nitrogen and oxygen atoms in total. The lowest BCUT2D eigenvalue weighted by Gasteiger charge is -2.29. The number of aliphatic carboxylic acids is 1. The van der Waals surface area contributed by atoms with Gasteiger partial charge in [0.25, 0.3) is 0 Å². The van der Waals surface area contributed by atoms with Gasteiger partial charge in [-0.3, -0.25) is 4.79 Å². The van der Waals surface area contributed by atoms with Crippen LogP contribution in [-0.2, 0) is 14.8 Å². The Morgan fingerprint density at radius 2 is 1.93 bits per heavy atom. The summed E-state index contributed by atoms with van der Waals surface area (Å²) in [7, 11) is -3.48. The molecule has 2 aliphatic rings. The van der Waals surface area contributed by atoms with E-state index in [0.29, 0.717) is 36.6 Å². The Hall–Kier alpha value is -1.92. The van der Waals surface area contributed by atoms with Crippen molar-refractivity contribution in [2.24, 2.45) is 23.7 Å². The van der Waals surface area contributed by atoms with Gasteiger partial charge >= 0.3 is 5.97 Å². The SMILES string of the molecule is Cc1ccc(C=CS(=O)(=O)NCC2C3CCC(C3)C2C=CCCCC(=O)O)cc1. The van der Waals surface area contributed by atoms with Crippen molar-refractivity contribution in [2.75, 3.05) is 6.54 Å². The van der Waals surface area contributed by atoms with Crippen LogP contribution in [-0.4, -0.2) is 26.0 Å². The minimum atomic E-state index is -3.48. The largest absolute Gasteiger partial charge is 0.481 e. The lowest BCUT2D eigenvalue weighted by Crippen LogP contribution is -2.34. The average molecular weight is 418 g/mol. The van der Waals surface area contributed by atoms with Crippen molar-refractivity contribution in [1.82, 2.24) is 4.72 Å². The van der Waals surface area contributed by atoms with Crippen molar-refractivity contribution in [3.05, 3.63) is 53.0 Å². The second-order valence-corrected chi connectivity index (χ2v) is 10.0. The molecule has 0 aromatic heterocycles. The average Bonchev–Trinajstić information content (AvgIpc) is 3.27. The number of aryl methyl sites for hydroxylation is 1. The maximum atomic E-state index is 12.4. The number of allylic oxidation sites excluding steroid dienone is 2. The van der Waals surface area contributed by atoms with Crippen LogP contribution < -0.4 is 4.72 Å². The molecule has 0 spiro atoms. The molecule has 4 unspecified atom stereocenters. The van der Waals surface area contributed by atoms with Crippen LogP contribution in [0.5, 0.6) is 0 Å². The first-order valence-electron chi connectivity index (χ1n) is 10.5. The molecule has 2 bridgehead atoms. The number of hydrogen-bond acceptors (Lipinski definition) is 3. The smallest absolute Gasteiger partial charge is 0.303 e. The summed E-state index contributed by atoms with van der Waals surface area (Å²) >= 11 is 0. The second-order valence-electron chi connectivity index (χ2n) is 8.40. The van der Waals surface area contributed by atoms with E-state index in [9.17, 15) is 13.2 Å². The van der Waals surface area contributed by atoms with Crippen molar-refractivity contribution in [2.45, 2.75) is 45.4 Å². The van der Waals surface area contributed by atoms with Gasteiger partial charge in [0.1, 0.15) is 0 Å². The van der Waals surface area contributed by atoms with Crippen molar-refractivity contribution in [1.29, 1.82) is 0 Å². The highest BCUT2D eigenvalue weighted by atomic mass is 32.2. The summed E-state index contributed by atoms with van der Waals surface area (Å²) in [5.41, 5.74) is 2.00. The fourth-order valence-electron chi connectivity index (χ4n) is 4.79. The highest BCUT2D eigenvalue weighted by Crippen LogP contribution is 2.52. The molecule has 0 radical (unpaired) electrons. The van der Waals surface area contributed by atoms with Crippen LogP contribution in [0.2, 0.25) is 0 Å². The summed E-state index contributed by atoms with van der Waals surface area (Å²) < 4.78 is 27.7. The minimum absolute atomic E-state index is 0.192. The van der Waals surface area contributed by atoms with Crippen molar-refractivity contribution < 1.29 is 18.3 Å². The topological polar surface area (TPSA) is 83.5 Å². The first-order valence-corrected chi connectivity index (χ1v) is 12.0. The van der Waals surface area contributed by atoms with E-state index in [4.69, 9.17) is 5.11 Å². The van der Waals surface area contributed by atoms with Gasteiger partial charge < -0.3 is 5.11 Å². The van der Waals surface area contributed by atoms with Crippen LogP contribution in [0.1, 0.15) is 49.7 Å². The molecule has 0 amide bonds. The number of sulfonamides is 1. The Balaban J connectivity index is 1.55. The molecule has 6 heteroatoms. The van der Waals surface area contributed by atoms with E-state index in [1.54, 1.807) is 6.08 Å². The molecule has 4 atom stereocenters. The Bertz CT molecular complexity index is 857.